The highest BCUT2D eigenvalue weighted by atomic mass is 16.4. The molecule has 0 atom stereocenters. The van der Waals surface area contributed by atoms with E-state index in [4.69, 9.17) is 5.11 Å². The summed E-state index contributed by atoms with van der Waals surface area (Å²) in [5, 5.41) is 14.7. The largest absolute Gasteiger partial charge is 0.481 e. The van der Waals surface area contributed by atoms with E-state index in [1.807, 2.05) is 10.8 Å². The highest BCUT2D eigenvalue weighted by Gasteiger charge is 2.26. The zero-order valence-electron chi connectivity index (χ0n) is 12.0. The van der Waals surface area contributed by atoms with Crippen LogP contribution in [-0.4, -0.2) is 39.2 Å². The van der Waals surface area contributed by atoms with Gasteiger partial charge in [-0.15, -0.1) is 0 Å². The Balaban J connectivity index is 1.56. The number of nitrogens with one attached hydrogen (secondary N) is 2. The summed E-state index contributed by atoms with van der Waals surface area (Å²) in [7, 11) is 0. The van der Waals surface area contributed by atoms with Gasteiger partial charge in [-0.2, -0.15) is 0 Å². The molecule has 1 saturated carbocycles. The summed E-state index contributed by atoms with van der Waals surface area (Å²) in [4.78, 5) is 26.5. The lowest BCUT2D eigenvalue weighted by atomic mass is 9.86. The van der Waals surface area contributed by atoms with Crippen molar-refractivity contribution < 1.29 is 14.7 Å². The van der Waals surface area contributed by atoms with Gasteiger partial charge in [-0.1, -0.05) is 0 Å². The van der Waals surface area contributed by atoms with Gasteiger partial charge < -0.3 is 20.3 Å². The zero-order chi connectivity index (χ0) is 15.1. The number of carbonyl (C=O) groups excluding carboxylic acids is 1. The minimum absolute atomic E-state index is 0.0919. The predicted octanol–water partition coefficient (Wildman–Crippen LogP) is 1.22. The lowest BCUT2D eigenvalue weighted by Gasteiger charge is -2.26. The van der Waals surface area contributed by atoms with Crippen molar-refractivity contribution in [3.8, 4) is 0 Å². The summed E-state index contributed by atoms with van der Waals surface area (Å²) in [5.74, 6) is -0.973. The summed E-state index contributed by atoms with van der Waals surface area (Å²) in [6.45, 7) is 1.43. The van der Waals surface area contributed by atoms with Crippen LogP contribution < -0.4 is 10.6 Å². The molecule has 21 heavy (non-hydrogen) atoms. The van der Waals surface area contributed by atoms with Crippen molar-refractivity contribution in [2.24, 2.45) is 5.92 Å². The first-order valence-electron chi connectivity index (χ1n) is 7.38. The lowest BCUT2D eigenvalue weighted by molar-refractivity contribution is -0.142. The van der Waals surface area contributed by atoms with Crippen molar-refractivity contribution >= 4 is 12.0 Å². The predicted molar refractivity (Wildman–Crippen MR) is 76.8 cm³/mol. The molecule has 1 fully saturated rings. The maximum Gasteiger partial charge on any atom is 0.315 e. The van der Waals surface area contributed by atoms with E-state index in [-0.39, 0.29) is 18.0 Å². The van der Waals surface area contributed by atoms with Crippen LogP contribution in [0, 0.1) is 5.92 Å². The molecule has 0 spiro atoms. The molecular weight excluding hydrogens is 272 g/mol. The van der Waals surface area contributed by atoms with Gasteiger partial charge in [0.15, 0.2) is 0 Å². The third-order valence-corrected chi connectivity index (χ3v) is 3.85. The highest BCUT2D eigenvalue weighted by Crippen LogP contribution is 2.24. The number of amides is 2. The standard InChI is InChI=1S/C14H22N4O3/c19-13(20)11-2-4-12(5-3-11)17-14(21)16-6-1-8-18-9-7-15-10-18/h7,9-12H,1-6,8H2,(H,19,20)(H2,16,17,21). The second kappa shape index (κ2) is 7.66. The number of carboxylic acid groups (broad SMARTS) is 1. The number of aromatic nitrogens is 2. The van der Waals surface area contributed by atoms with Gasteiger partial charge in [0.25, 0.3) is 0 Å². The quantitative estimate of drug-likeness (QED) is 0.687. The SMILES string of the molecule is O=C(NCCCn1ccnc1)NC1CCC(C(=O)O)CC1. The Morgan fingerprint density at radius 1 is 1.29 bits per heavy atom. The number of carbonyl (C=O) groups is 2. The minimum atomic E-state index is -0.725. The molecule has 0 saturated heterocycles. The Bertz CT molecular complexity index is 453. The number of nitrogens with zero attached hydrogens (tertiary/aromatic N) is 2. The topological polar surface area (TPSA) is 96.3 Å². The number of carboxylic acids is 1. The summed E-state index contributed by atoms with van der Waals surface area (Å²) >= 11 is 0. The van der Waals surface area contributed by atoms with E-state index in [1.165, 1.54) is 0 Å². The first-order valence-corrected chi connectivity index (χ1v) is 7.38. The normalized spacial score (nSPS) is 21.7. The number of imidazole rings is 1. The molecule has 1 heterocycles. The molecule has 3 N–H and O–H groups in total. The van der Waals surface area contributed by atoms with Crippen molar-refractivity contribution in [2.75, 3.05) is 6.54 Å². The summed E-state index contributed by atoms with van der Waals surface area (Å²) in [6, 6.07) is -0.0753. The lowest BCUT2D eigenvalue weighted by Crippen LogP contribution is -2.44. The number of urea groups is 1. The number of hydrogen-bond donors (Lipinski definition) is 3. The van der Waals surface area contributed by atoms with Crippen LogP contribution in [0.2, 0.25) is 0 Å². The molecule has 7 nitrogen and oxygen atoms in total. The highest BCUT2D eigenvalue weighted by molar-refractivity contribution is 5.74. The molecule has 2 rings (SSSR count). The Kier molecular flexibility index (Phi) is 5.59. The molecule has 0 radical (unpaired) electrons. The molecule has 7 heteroatoms. The maximum absolute atomic E-state index is 11.7. The van der Waals surface area contributed by atoms with Crippen LogP contribution in [0.25, 0.3) is 0 Å². The van der Waals surface area contributed by atoms with Crippen LogP contribution in [0.3, 0.4) is 0 Å². The molecule has 0 bridgehead atoms. The van der Waals surface area contributed by atoms with Gasteiger partial charge in [-0.05, 0) is 32.1 Å². The van der Waals surface area contributed by atoms with Gasteiger partial charge in [0.2, 0.25) is 0 Å². The zero-order valence-corrected chi connectivity index (χ0v) is 12.0. The second-order valence-corrected chi connectivity index (χ2v) is 5.44. The number of aliphatic carboxylic acids is 1. The summed E-state index contributed by atoms with van der Waals surface area (Å²) < 4.78 is 1.97. The van der Waals surface area contributed by atoms with Gasteiger partial charge in [0.1, 0.15) is 0 Å². The van der Waals surface area contributed by atoms with Crippen LogP contribution in [0.4, 0.5) is 4.79 Å². The Morgan fingerprint density at radius 3 is 2.67 bits per heavy atom. The van der Waals surface area contributed by atoms with Crippen molar-refractivity contribution in [2.45, 2.75) is 44.7 Å². The monoisotopic (exact) mass is 294 g/mol. The molecule has 1 aliphatic carbocycles. The molecule has 1 aromatic heterocycles. The van der Waals surface area contributed by atoms with Gasteiger partial charge in [0, 0.05) is 31.5 Å². The van der Waals surface area contributed by atoms with E-state index in [1.54, 1.807) is 12.5 Å². The van der Waals surface area contributed by atoms with Crippen molar-refractivity contribution in [1.82, 2.24) is 20.2 Å². The van der Waals surface area contributed by atoms with E-state index >= 15 is 0 Å². The van der Waals surface area contributed by atoms with Crippen LogP contribution in [0.15, 0.2) is 18.7 Å². The summed E-state index contributed by atoms with van der Waals surface area (Å²) in [6.07, 6.45) is 8.96. The van der Waals surface area contributed by atoms with Crippen LogP contribution in [0.5, 0.6) is 0 Å². The van der Waals surface area contributed by atoms with E-state index < -0.39 is 5.97 Å². The van der Waals surface area contributed by atoms with Crippen molar-refractivity contribution in [3.63, 3.8) is 0 Å². The van der Waals surface area contributed by atoms with Gasteiger partial charge in [-0.25, -0.2) is 9.78 Å². The molecule has 0 aromatic carbocycles. The number of rotatable bonds is 6. The van der Waals surface area contributed by atoms with E-state index in [2.05, 4.69) is 15.6 Å². The number of hydrogen-bond acceptors (Lipinski definition) is 3. The molecule has 0 aliphatic heterocycles. The Morgan fingerprint density at radius 2 is 2.05 bits per heavy atom. The molecule has 1 aromatic rings. The minimum Gasteiger partial charge on any atom is -0.481 e. The average molecular weight is 294 g/mol. The van der Waals surface area contributed by atoms with Crippen LogP contribution >= 0.6 is 0 Å². The smallest absolute Gasteiger partial charge is 0.315 e. The number of aryl methyl sites for hydroxylation is 1. The Hall–Kier alpha value is -2.05. The third kappa shape index (κ3) is 5.09. The fourth-order valence-corrected chi connectivity index (χ4v) is 2.60. The third-order valence-electron chi connectivity index (χ3n) is 3.85. The van der Waals surface area contributed by atoms with Gasteiger partial charge in [-0.3, -0.25) is 4.79 Å². The van der Waals surface area contributed by atoms with Crippen LogP contribution in [-0.2, 0) is 11.3 Å². The molecule has 1 aliphatic rings. The molecule has 0 unspecified atom stereocenters. The van der Waals surface area contributed by atoms with Crippen molar-refractivity contribution in [1.29, 1.82) is 0 Å². The van der Waals surface area contributed by atoms with Gasteiger partial charge in [0.05, 0.1) is 12.2 Å². The van der Waals surface area contributed by atoms with E-state index in [9.17, 15) is 9.59 Å². The van der Waals surface area contributed by atoms with Crippen molar-refractivity contribution in [3.05, 3.63) is 18.7 Å². The van der Waals surface area contributed by atoms with Gasteiger partial charge >= 0.3 is 12.0 Å². The fraction of sp³-hybridized carbons (Fsp3) is 0.643. The van der Waals surface area contributed by atoms with E-state index in [0.29, 0.717) is 19.4 Å². The fourth-order valence-electron chi connectivity index (χ4n) is 2.60. The molecular formula is C14H22N4O3. The molecule has 2 amide bonds. The first kappa shape index (κ1) is 15.3. The second-order valence-electron chi connectivity index (χ2n) is 5.44. The molecule has 116 valence electrons. The van der Waals surface area contributed by atoms with Crippen LogP contribution in [0.1, 0.15) is 32.1 Å². The average Bonchev–Trinajstić information content (AvgIpc) is 2.97. The Labute approximate surface area is 123 Å². The van der Waals surface area contributed by atoms with E-state index in [0.717, 1.165) is 25.8 Å². The maximum atomic E-state index is 11.7. The summed E-state index contributed by atoms with van der Waals surface area (Å²) in [5.41, 5.74) is 0. The first-order chi connectivity index (χ1) is 10.1.